The second-order valence-corrected chi connectivity index (χ2v) is 4.06. The van der Waals surface area contributed by atoms with Gasteiger partial charge in [0.15, 0.2) is 0 Å². The van der Waals surface area contributed by atoms with Crippen molar-refractivity contribution in [2.24, 2.45) is 5.73 Å². The molecule has 0 aliphatic carbocycles. The Balaban J connectivity index is 2.38. The molecule has 1 aromatic rings. The van der Waals surface area contributed by atoms with Gasteiger partial charge in [0, 0.05) is 19.8 Å². The zero-order valence-electron chi connectivity index (χ0n) is 10.4. The predicted octanol–water partition coefficient (Wildman–Crippen LogP) is 2.19. The Morgan fingerprint density at radius 3 is 2.65 bits per heavy atom. The van der Waals surface area contributed by atoms with Crippen molar-refractivity contribution in [1.29, 1.82) is 0 Å². The van der Waals surface area contributed by atoms with Crippen LogP contribution in [0.4, 0.5) is 4.39 Å². The van der Waals surface area contributed by atoms with E-state index in [0.29, 0.717) is 26.2 Å². The third kappa shape index (κ3) is 5.26. The molecule has 0 spiro atoms. The van der Waals surface area contributed by atoms with Crippen LogP contribution in [0.25, 0.3) is 0 Å². The highest BCUT2D eigenvalue weighted by molar-refractivity contribution is 5.25. The van der Waals surface area contributed by atoms with Gasteiger partial charge in [0.1, 0.15) is 5.82 Å². The average Bonchev–Trinajstić information content (AvgIpc) is 2.27. The lowest BCUT2D eigenvalue weighted by atomic mass is 10.0. The molecule has 0 fully saturated rings. The summed E-state index contributed by atoms with van der Waals surface area (Å²) in [6, 6.07) is 4.69. The first-order valence-electron chi connectivity index (χ1n) is 5.73. The highest BCUT2D eigenvalue weighted by atomic mass is 19.1. The molecule has 1 unspecified atom stereocenters. The van der Waals surface area contributed by atoms with Crippen molar-refractivity contribution in [3.8, 4) is 0 Å². The van der Waals surface area contributed by atoms with Crippen molar-refractivity contribution in [3.63, 3.8) is 0 Å². The number of aryl methyl sites for hydroxylation is 1. The average molecular weight is 241 g/mol. The molecule has 4 heteroatoms. The van der Waals surface area contributed by atoms with E-state index in [2.05, 4.69) is 0 Å². The molecule has 0 aromatic heterocycles. The minimum atomic E-state index is -0.240. The fraction of sp³-hybridized carbons (Fsp3) is 0.538. The van der Waals surface area contributed by atoms with Crippen LogP contribution in [-0.2, 0) is 9.47 Å². The second-order valence-electron chi connectivity index (χ2n) is 4.06. The fourth-order valence-corrected chi connectivity index (χ4v) is 1.60. The van der Waals surface area contributed by atoms with Crippen LogP contribution in [0.3, 0.4) is 0 Å². The lowest BCUT2D eigenvalue weighted by Gasteiger charge is -2.13. The van der Waals surface area contributed by atoms with E-state index in [9.17, 15) is 4.39 Å². The van der Waals surface area contributed by atoms with Crippen molar-refractivity contribution in [3.05, 3.63) is 35.1 Å². The molecular formula is C13H20FNO2. The lowest BCUT2D eigenvalue weighted by Crippen LogP contribution is -2.14. The van der Waals surface area contributed by atoms with Crippen molar-refractivity contribution in [2.45, 2.75) is 19.4 Å². The summed E-state index contributed by atoms with van der Waals surface area (Å²) < 4.78 is 23.4. The smallest absolute Gasteiger partial charge is 0.123 e. The number of nitrogens with two attached hydrogens (primary N) is 1. The van der Waals surface area contributed by atoms with E-state index in [1.54, 1.807) is 7.11 Å². The van der Waals surface area contributed by atoms with E-state index in [0.717, 1.165) is 11.1 Å². The van der Waals surface area contributed by atoms with Crippen LogP contribution in [0.5, 0.6) is 0 Å². The zero-order chi connectivity index (χ0) is 12.7. The van der Waals surface area contributed by atoms with Crippen LogP contribution < -0.4 is 5.73 Å². The summed E-state index contributed by atoms with van der Waals surface area (Å²) in [5.74, 6) is -0.240. The minimum absolute atomic E-state index is 0.188. The van der Waals surface area contributed by atoms with Crippen molar-refractivity contribution in [2.75, 3.05) is 26.9 Å². The molecule has 1 atom stereocenters. The van der Waals surface area contributed by atoms with E-state index in [1.165, 1.54) is 12.1 Å². The second kappa shape index (κ2) is 7.37. The van der Waals surface area contributed by atoms with Gasteiger partial charge >= 0.3 is 0 Å². The Hall–Kier alpha value is -0.970. The predicted molar refractivity (Wildman–Crippen MR) is 65.4 cm³/mol. The maximum atomic E-state index is 13.2. The van der Waals surface area contributed by atoms with Gasteiger partial charge in [-0.2, -0.15) is 0 Å². The summed E-state index contributed by atoms with van der Waals surface area (Å²) in [5.41, 5.74) is 7.67. The van der Waals surface area contributed by atoms with Crippen LogP contribution in [0, 0.1) is 12.7 Å². The summed E-state index contributed by atoms with van der Waals surface area (Å²) in [7, 11) is 1.63. The van der Waals surface area contributed by atoms with Crippen LogP contribution in [0.1, 0.15) is 23.6 Å². The highest BCUT2D eigenvalue weighted by Crippen LogP contribution is 2.17. The van der Waals surface area contributed by atoms with Gasteiger partial charge in [0.25, 0.3) is 0 Å². The highest BCUT2D eigenvalue weighted by Gasteiger charge is 2.07. The number of rotatable bonds is 7. The Bertz CT molecular complexity index is 324. The van der Waals surface area contributed by atoms with Crippen LogP contribution in [0.2, 0.25) is 0 Å². The molecule has 0 aliphatic rings. The summed E-state index contributed by atoms with van der Waals surface area (Å²) in [6.07, 6.45) is 0.673. The summed E-state index contributed by atoms with van der Waals surface area (Å²) in [4.78, 5) is 0. The molecule has 0 amide bonds. The molecule has 0 saturated heterocycles. The number of benzene rings is 1. The molecule has 0 bridgehead atoms. The van der Waals surface area contributed by atoms with Gasteiger partial charge in [-0.1, -0.05) is 6.07 Å². The van der Waals surface area contributed by atoms with Crippen LogP contribution in [-0.4, -0.2) is 26.9 Å². The Kier molecular flexibility index (Phi) is 6.11. The van der Waals surface area contributed by atoms with Gasteiger partial charge in [0.2, 0.25) is 0 Å². The first-order chi connectivity index (χ1) is 8.13. The number of methoxy groups -OCH3 is 1. The molecular weight excluding hydrogens is 221 g/mol. The van der Waals surface area contributed by atoms with E-state index in [4.69, 9.17) is 15.2 Å². The van der Waals surface area contributed by atoms with Gasteiger partial charge in [-0.25, -0.2) is 4.39 Å². The quantitative estimate of drug-likeness (QED) is 0.744. The van der Waals surface area contributed by atoms with Gasteiger partial charge in [-0.05, 0) is 36.6 Å². The van der Waals surface area contributed by atoms with Crippen molar-refractivity contribution >= 4 is 0 Å². The molecule has 0 heterocycles. The molecule has 17 heavy (non-hydrogen) atoms. The molecule has 1 aromatic carbocycles. The van der Waals surface area contributed by atoms with E-state index in [1.807, 2.05) is 13.0 Å². The Labute approximate surface area is 102 Å². The molecule has 3 nitrogen and oxygen atoms in total. The minimum Gasteiger partial charge on any atom is -0.382 e. The maximum absolute atomic E-state index is 13.2. The van der Waals surface area contributed by atoms with Crippen LogP contribution in [0.15, 0.2) is 18.2 Å². The molecule has 0 saturated carbocycles. The standard InChI is InChI=1S/C13H20FNO2/c1-10-7-11(9-12(14)8-10)13(15)3-4-17-6-5-16-2/h7-9,13H,3-6,15H2,1-2H3. The van der Waals surface area contributed by atoms with Crippen molar-refractivity contribution in [1.82, 2.24) is 0 Å². The molecule has 1 rings (SSSR count). The lowest BCUT2D eigenvalue weighted by molar-refractivity contribution is 0.0672. The van der Waals surface area contributed by atoms with E-state index < -0.39 is 0 Å². The summed E-state index contributed by atoms with van der Waals surface area (Å²) in [6.45, 7) is 3.55. The maximum Gasteiger partial charge on any atom is 0.123 e. The normalized spacial score (nSPS) is 12.7. The third-order valence-corrected chi connectivity index (χ3v) is 2.50. The summed E-state index contributed by atoms with van der Waals surface area (Å²) >= 11 is 0. The third-order valence-electron chi connectivity index (χ3n) is 2.50. The van der Waals surface area contributed by atoms with Crippen molar-refractivity contribution < 1.29 is 13.9 Å². The van der Waals surface area contributed by atoms with Gasteiger partial charge in [0.05, 0.1) is 13.2 Å². The topological polar surface area (TPSA) is 44.5 Å². The summed E-state index contributed by atoms with van der Waals surface area (Å²) in [5, 5.41) is 0. The molecule has 0 radical (unpaired) electrons. The largest absolute Gasteiger partial charge is 0.382 e. The van der Waals surface area contributed by atoms with Gasteiger partial charge < -0.3 is 15.2 Å². The number of ether oxygens (including phenoxy) is 2. The van der Waals surface area contributed by atoms with Gasteiger partial charge in [-0.15, -0.1) is 0 Å². The first-order valence-corrected chi connectivity index (χ1v) is 5.73. The zero-order valence-corrected chi connectivity index (χ0v) is 10.4. The van der Waals surface area contributed by atoms with E-state index >= 15 is 0 Å². The Morgan fingerprint density at radius 1 is 1.24 bits per heavy atom. The first kappa shape index (κ1) is 14.1. The molecule has 0 aliphatic heterocycles. The number of hydrogen-bond acceptors (Lipinski definition) is 3. The number of hydrogen-bond donors (Lipinski definition) is 1. The van der Waals surface area contributed by atoms with Gasteiger partial charge in [-0.3, -0.25) is 0 Å². The van der Waals surface area contributed by atoms with Crippen LogP contribution >= 0.6 is 0 Å². The Morgan fingerprint density at radius 2 is 2.00 bits per heavy atom. The molecule has 2 N–H and O–H groups in total. The fourth-order valence-electron chi connectivity index (χ4n) is 1.60. The van der Waals surface area contributed by atoms with E-state index in [-0.39, 0.29) is 11.9 Å². The molecule has 96 valence electrons. The number of halogens is 1. The monoisotopic (exact) mass is 241 g/mol. The SMILES string of the molecule is COCCOCCC(N)c1cc(C)cc(F)c1.